The van der Waals surface area contributed by atoms with Crippen LogP contribution >= 0.6 is 23.1 Å². The van der Waals surface area contributed by atoms with Gasteiger partial charge >= 0.3 is 0 Å². The number of nitrogens with two attached hydrogens (primary N) is 1. The molecule has 1 atom stereocenters. The normalized spacial score (nSPS) is 12.1. The van der Waals surface area contributed by atoms with Gasteiger partial charge in [-0.05, 0) is 44.5 Å². The number of para-hydroxylation sites is 1. The van der Waals surface area contributed by atoms with Gasteiger partial charge < -0.3 is 11.1 Å². The summed E-state index contributed by atoms with van der Waals surface area (Å²) in [5, 5.41) is 3.54. The summed E-state index contributed by atoms with van der Waals surface area (Å²) in [6, 6.07) is 10.5. The van der Waals surface area contributed by atoms with Crippen LogP contribution in [0.25, 0.3) is 0 Å². The van der Waals surface area contributed by atoms with Gasteiger partial charge in [0.25, 0.3) is 0 Å². The van der Waals surface area contributed by atoms with Crippen LogP contribution in [-0.2, 0) is 4.79 Å². The molecule has 0 spiro atoms. The zero-order valence-corrected chi connectivity index (χ0v) is 14.1. The fraction of sp³-hybridized carbons (Fsp3) is 0.312. The molecule has 3 nitrogen and oxygen atoms in total. The Kier molecular flexibility index (Phi) is 5.31. The van der Waals surface area contributed by atoms with Crippen LogP contribution in [0.1, 0.15) is 28.3 Å². The van der Waals surface area contributed by atoms with E-state index in [1.54, 1.807) is 0 Å². The van der Waals surface area contributed by atoms with E-state index in [1.165, 1.54) is 27.1 Å². The Morgan fingerprint density at radius 3 is 2.71 bits per heavy atom. The third kappa shape index (κ3) is 4.25. The number of nitrogens with one attached hydrogen (secondary N) is 1. The fourth-order valence-corrected chi connectivity index (χ4v) is 4.03. The van der Waals surface area contributed by atoms with Gasteiger partial charge in [-0.2, -0.15) is 0 Å². The van der Waals surface area contributed by atoms with E-state index >= 15 is 0 Å². The Balaban J connectivity index is 2.15. The number of anilines is 1. The van der Waals surface area contributed by atoms with Gasteiger partial charge in [-0.3, -0.25) is 4.79 Å². The quantitative estimate of drug-likeness (QED) is 0.787. The number of primary amides is 1. The van der Waals surface area contributed by atoms with Crippen molar-refractivity contribution in [1.82, 2.24) is 0 Å². The first kappa shape index (κ1) is 15.9. The zero-order valence-electron chi connectivity index (χ0n) is 12.5. The van der Waals surface area contributed by atoms with Crippen molar-refractivity contribution < 1.29 is 4.79 Å². The minimum absolute atomic E-state index is 0.227. The van der Waals surface area contributed by atoms with Crippen molar-refractivity contribution in [3.05, 3.63) is 45.6 Å². The molecule has 0 bridgehead atoms. The number of thiophene rings is 1. The number of carbonyl (C=O) groups is 1. The third-order valence-corrected chi connectivity index (χ3v) is 5.25. The van der Waals surface area contributed by atoms with Crippen molar-refractivity contribution in [2.24, 2.45) is 5.73 Å². The van der Waals surface area contributed by atoms with Gasteiger partial charge in [-0.25, -0.2) is 0 Å². The van der Waals surface area contributed by atoms with Crippen LogP contribution in [0.4, 0.5) is 5.69 Å². The first-order chi connectivity index (χ1) is 9.97. The minimum Gasteiger partial charge on any atom is -0.378 e. The van der Waals surface area contributed by atoms with Gasteiger partial charge in [0, 0.05) is 26.4 Å². The van der Waals surface area contributed by atoms with E-state index in [-0.39, 0.29) is 11.9 Å². The van der Waals surface area contributed by atoms with Crippen LogP contribution in [0.2, 0.25) is 0 Å². The highest BCUT2D eigenvalue weighted by atomic mass is 32.2. The predicted molar refractivity (Wildman–Crippen MR) is 92.2 cm³/mol. The SMILES string of the molecule is Cc1cc(C(C)Nc2ccccc2SCC(N)=O)c(C)s1. The first-order valence-corrected chi connectivity index (χ1v) is 8.61. The molecule has 1 aromatic carbocycles. The predicted octanol–water partition coefficient (Wildman–Crippen LogP) is 4.12. The lowest BCUT2D eigenvalue weighted by molar-refractivity contribution is -0.115. The van der Waals surface area contributed by atoms with Gasteiger partial charge in [0.05, 0.1) is 5.75 Å². The van der Waals surface area contributed by atoms with Crippen molar-refractivity contribution in [2.75, 3.05) is 11.1 Å². The molecule has 3 N–H and O–H groups in total. The highest BCUT2D eigenvalue weighted by molar-refractivity contribution is 8.00. The molecule has 0 aliphatic heterocycles. The van der Waals surface area contributed by atoms with Crippen LogP contribution in [-0.4, -0.2) is 11.7 Å². The van der Waals surface area contributed by atoms with E-state index in [0.29, 0.717) is 5.75 Å². The largest absolute Gasteiger partial charge is 0.378 e. The lowest BCUT2D eigenvalue weighted by atomic mass is 10.1. The number of thioether (sulfide) groups is 1. The van der Waals surface area contributed by atoms with Crippen LogP contribution in [0.15, 0.2) is 35.2 Å². The maximum absolute atomic E-state index is 11.0. The molecule has 0 saturated carbocycles. The van der Waals surface area contributed by atoms with E-state index in [0.717, 1.165) is 10.6 Å². The van der Waals surface area contributed by atoms with Gasteiger partial charge in [-0.15, -0.1) is 23.1 Å². The average Bonchev–Trinajstić information content (AvgIpc) is 2.76. The monoisotopic (exact) mass is 320 g/mol. The second-order valence-corrected chi connectivity index (χ2v) is 7.46. The Morgan fingerprint density at radius 2 is 2.10 bits per heavy atom. The first-order valence-electron chi connectivity index (χ1n) is 6.81. The molecule has 1 aromatic heterocycles. The molecule has 112 valence electrons. The fourth-order valence-electron chi connectivity index (χ4n) is 2.25. The number of benzene rings is 1. The summed E-state index contributed by atoms with van der Waals surface area (Å²) in [6.45, 7) is 6.44. The van der Waals surface area contributed by atoms with E-state index in [9.17, 15) is 4.79 Å². The lowest BCUT2D eigenvalue weighted by Crippen LogP contribution is -2.13. The molecule has 2 rings (SSSR count). The number of hydrogen-bond donors (Lipinski definition) is 2. The summed E-state index contributed by atoms with van der Waals surface area (Å²) in [5.41, 5.74) is 7.59. The summed E-state index contributed by atoms with van der Waals surface area (Å²) in [4.78, 5) is 14.7. The molecule has 21 heavy (non-hydrogen) atoms. The maximum atomic E-state index is 11.0. The van der Waals surface area contributed by atoms with E-state index in [4.69, 9.17) is 5.73 Å². The molecule has 2 aromatic rings. The number of hydrogen-bond acceptors (Lipinski definition) is 4. The van der Waals surface area contributed by atoms with Crippen molar-refractivity contribution >= 4 is 34.7 Å². The molecule has 1 unspecified atom stereocenters. The van der Waals surface area contributed by atoms with Crippen LogP contribution in [0.5, 0.6) is 0 Å². The van der Waals surface area contributed by atoms with Crippen molar-refractivity contribution in [2.45, 2.75) is 31.7 Å². The molecule has 1 heterocycles. The minimum atomic E-state index is -0.299. The summed E-state index contributed by atoms with van der Waals surface area (Å²) in [5.74, 6) is -0.00363. The van der Waals surface area contributed by atoms with Crippen molar-refractivity contribution in [3.63, 3.8) is 0 Å². The van der Waals surface area contributed by atoms with Crippen LogP contribution in [0, 0.1) is 13.8 Å². The summed E-state index contributed by atoms with van der Waals surface area (Å²) in [6.07, 6.45) is 0. The molecule has 1 amide bonds. The Hall–Kier alpha value is -1.46. The Labute approximate surface area is 133 Å². The molecule has 5 heteroatoms. The molecule has 0 radical (unpaired) electrons. The standard InChI is InChI=1S/C16H20N2OS2/c1-10-8-13(12(3)21-10)11(2)18-14-6-4-5-7-15(14)20-9-16(17)19/h4-8,11,18H,9H2,1-3H3,(H2,17,19). The lowest BCUT2D eigenvalue weighted by Gasteiger charge is -2.18. The molecule has 0 fully saturated rings. The maximum Gasteiger partial charge on any atom is 0.227 e. The van der Waals surface area contributed by atoms with Crippen molar-refractivity contribution in [1.29, 1.82) is 0 Å². The number of aryl methyl sites for hydroxylation is 2. The second kappa shape index (κ2) is 7.00. The van der Waals surface area contributed by atoms with E-state index in [1.807, 2.05) is 35.6 Å². The summed E-state index contributed by atoms with van der Waals surface area (Å²) < 4.78 is 0. The van der Waals surface area contributed by atoms with Gasteiger partial charge in [0.15, 0.2) is 0 Å². The molecule has 0 saturated heterocycles. The van der Waals surface area contributed by atoms with Gasteiger partial charge in [0.1, 0.15) is 0 Å². The van der Waals surface area contributed by atoms with Crippen LogP contribution in [0.3, 0.4) is 0 Å². The topological polar surface area (TPSA) is 55.1 Å². The summed E-state index contributed by atoms with van der Waals surface area (Å²) in [7, 11) is 0. The highest BCUT2D eigenvalue weighted by Crippen LogP contribution is 2.32. The van der Waals surface area contributed by atoms with Crippen LogP contribution < -0.4 is 11.1 Å². The van der Waals surface area contributed by atoms with E-state index in [2.05, 4.69) is 32.2 Å². The smallest absolute Gasteiger partial charge is 0.227 e. The third-order valence-electron chi connectivity index (χ3n) is 3.17. The molecule has 0 aliphatic carbocycles. The number of amides is 1. The number of carbonyl (C=O) groups excluding carboxylic acids is 1. The Morgan fingerprint density at radius 1 is 1.38 bits per heavy atom. The van der Waals surface area contributed by atoms with Crippen molar-refractivity contribution in [3.8, 4) is 0 Å². The average molecular weight is 320 g/mol. The molecule has 0 aliphatic rings. The molecular weight excluding hydrogens is 300 g/mol. The number of rotatable bonds is 6. The van der Waals surface area contributed by atoms with E-state index < -0.39 is 0 Å². The molecular formula is C16H20N2OS2. The van der Waals surface area contributed by atoms with Gasteiger partial charge in [-0.1, -0.05) is 12.1 Å². The second-order valence-electron chi connectivity index (χ2n) is 4.99. The zero-order chi connectivity index (χ0) is 15.4. The highest BCUT2D eigenvalue weighted by Gasteiger charge is 2.13. The van der Waals surface area contributed by atoms with Gasteiger partial charge in [0.2, 0.25) is 5.91 Å². The Bertz CT molecular complexity index is 637. The summed E-state index contributed by atoms with van der Waals surface area (Å²) >= 11 is 3.29.